The van der Waals surface area contributed by atoms with Gasteiger partial charge in [0.05, 0.1) is 30.3 Å². The van der Waals surface area contributed by atoms with Crippen LogP contribution in [0, 0.1) is 13.8 Å². The molecule has 7 nitrogen and oxygen atoms in total. The third kappa shape index (κ3) is 4.00. The molecule has 3 rings (SSSR count). The molecule has 2 aromatic heterocycles. The Balaban J connectivity index is 1.60. The minimum atomic E-state index is -0.228. The first kappa shape index (κ1) is 17.5. The first-order chi connectivity index (χ1) is 12.6. The second-order valence-corrected chi connectivity index (χ2v) is 5.66. The summed E-state index contributed by atoms with van der Waals surface area (Å²) in [4.78, 5) is 16.3. The third-order valence-electron chi connectivity index (χ3n) is 3.88. The lowest BCUT2D eigenvalue weighted by Gasteiger charge is -2.08. The van der Waals surface area contributed by atoms with Crippen LogP contribution in [0.4, 0.5) is 5.69 Å². The molecule has 0 aliphatic rings. The largest absolute Gasteiger partial charge is 0.489 e. The van der Waals surface area contributed by atoms with Crippen molar-refractivity contribution in [3.8, 4) is 11.6 Å². The number of benzene rings is 1. The van der Waals surface area contributed by atoms with Crippen LogP contribution in [0.2, 0.25) is 0 Å². The number of aryl methyl sites for hydroxylation is 2. The van der Waals surface area contributed by atoms with Crippen molar-refractivity contribution in [1.29, 1.82) is 0 Å². The quantitative estimate of drug-likeness (QED) is 0.729. The summed E-state index contributed by atoms with van der Waals surface area (Å²) >= 11 is 0. The van der Waals surface area contributed by atoms with Crippen LogP contribution in [0.1, 0.15) is 27.4 Å². The fraction of sp³-hybridized carbons (Fsp3) is 0.211. The normalized spacial score (nSPS) is 10.4. The molecular formula is C19H19N3O4. The van der Waals surface area contributed by atoms with Crippen LogP contribution in [0.3, 0.4) is 0 Å². The number of aromatic nitrogens is 2. The minimum Gasteiger partial charge on any atom is -0.489 e. The van der Waals surface area contributed by atoms with Gasteiger partial charge >= 0.3 is 0 Å². The molecule has 0 radical (unpaired) electrons. The first-order valence-electron chi connectivity index (χ1n) is 8.03. The van der Waals surface area contributed by atoms with Crippen LogP contribution in [0.15, 0.2) is 47.1 Å². The fourth-order valence-corrected chi connectivity index (χ4v) is 2.34. The van der Waals surface area contributed by atoms with Crippen molar-refractivity contribution in [2.45, 2.75) is 20.5 Å². The van der Waals surface area contributed by atoms with Crippen molar-refractivity contribution in [1.82, 2.24) is 10.1 Å². The third-order valence-corrected chi connectivity index (χ3v) is 3.88. The number of nitrogens with zero attached hydrogens (tertiary/aromatic N) is 2. The van der Waals surface area contributed by atoms with Crippen molar-refractivity contribution >= 4 is 11.6 Å². The zero-order valence-corrected chi connectivity index (χ0v) is 14.8. The molecule has 0 fully saturated rings. The number of rotatable bonds is 6. The van der Waals surface area contributed by atoms with E-state index in [0.29, 0.717) is 29.5 Å². The van der Waals surface area contributed by atoms with Gasteiger partial charge < -0.3 is 19.3 Å². The topological polar surface area (TPSA) is 86.5 Å². The van der Waals surface area contributed by atoms with Gasteiger partial charge in [-0.1, -0.05) is 5.16 Å². The SMILES string of the molecule is COc1ccc(NC(=O)c2ccc(OCc3c(C)noc3C)cc2)cn1. The highest BCUT2D eigenvalue weighted by Crippen LogP contribution is 2.19. The van der Waals surface area contributed by atoms with E-state index in [-0.39, 0.29) is 5.91 Å². The van der Waals surface area contributed by atoms with Gasteiger partial charge in [-0.3, -0.25) is 4.79 Å². The molecule has 2 heterocycles. The summed E-state index contributed by atoms with van der Waals surface area (Å²) in [5.41, 5.74) is 2.85. The highest BCUT2D eigenvalue weighted by Gasteiger charge is 2.10. The maximum Gasteiger partial charge on any atom is 0.255 e. The summed E-state index contributed by atoms with van der Waals surface area (Å²) in [5.74, 6) is 1.66. The monoisotopic (exact) mass is 353 g/mol. The van der Waals surface area contributed by atoms with Crippen molar-refractivity contribution in [2.75, 3.05) is 12.4 Å². The molecule has 3 aromatic rings. The predicted octanol–water partition coefficient (Wildman–Crippen LogP) is 3.53. The fourth-order valence-electron chi connectivity index (χ4n) is 2.34. The summed E-state index contributed by atoms with van der Waals surface area (Å²) in [6.45, 7) is 4.08. The molecule has 0 saturated carbocycles. The van der Waals surface area contributed by atoms with Crippen molar-refractivity contribution in [2.24, 2.45) is 0 Å². The molecule has 0 bridgehead atoms. The van der Waals surface area contributed by atoms with Gasteiger partial charge in [-0.25, -0.2) is 4.98 Å². The first-order valence-corrected chi connectivity index (χ1v) is 8.03. The number of hydrogen-bond donors (Lipinski definition) is 1. The molecule has 26 heavy (non-hydrogen) atoms. The molecule has 7 heteroatoms. The second-order valence-electron chi connectivity index (χ2n) is 5.66. The Hall–Kier alpha value is -3.35. The number of amides is 1. The molecule has 0 unspecified atom stereocenters. The average Bonchev–Trinajstić information content (AvgIpc) is 2.99. The maximum atomic E-state index is 12.3. The van der Waals surface area contributed by atoms with E-state index >= 15 is 0 Å². The lowest BCUT2D eigenvalue weighted by atomic mass is 10.2. The van der Waals surface area contributed by atoms with Gasteiger partial charge in [-0.15, -0.1) is 0 Å². The molecule has 0 spiro atoms. The summed E-state index contributed by atoms with van der Waals surface area (Å²) in [6, 6.07) is 10.3. The van der Waals surface area contributed by atoms with E-state index in [4.69, 9.17) is 14.0 Å². The van der Waals surface area contributed by atoms with Crippen molar-refractivity contribution in [3.63, 3.8) is 0 Å². The maximum absolute atomic E-state index is 12.3. The zero-order valence-electron chi connectivity index (χ0n) is 14.8. The molecule has 0 saturated heterocycles. The van der Waals surface area contributed by atoms with Crippen LogP contribution in [-0.2, 0) is 6.61 Å². The summed E-state index contributed by atoms with van der Waals surface area (Å²) < 4.78 is 15.8. The van der Waals surface area contributed by atoms with Gasteiger partial charge in [-0.05, 0) is 44.2 Å². The summed E-state index contributed by atoms with van der Waals surface area (Å²) in [6.07, 6.45) is 1.54. The van der Waals surface area contributed by atoms with Crippen LogP contribution < -0.4 is 14.8 Å². The van der Waals surface area contributed by atoms with Crippen LogP contribution >= 0.6 is 0 Å². The van der Waals surface area contributed by atoms with E-state index in [1.54, 1.807) is 36.4 Å². The summed E-state index contributed by atoms with van der Waals surface area (Å²) in [7, 11) is 1.54. The van der Waals surface area contributed by atoms with Crippen LogP contribution in [0.5, 0.6) is 11.6 Å². The molecule has 1 aromatic carbocycles. The Morgan fingerprint density at radius 1 is 1.15 bits per heavy atom. The van der Waals surface area contributed by atoms with E-state index in [9.17, 15) is 4.79 Å². The van der Waals surface area contributed by atoms with Gasteiger partial charge in [0.15, 0.2) is 0 Å². The van der Waals surface area contributed by atoms with Gasteiger partial charge in [0, 0.05) is 11.6 Å². The Morgan fingerprint density at radius 3 is 2.50 bits per heavy atom. The van der Waals surface area contributed by atoms with Gasteiger partial charge in [0.2, 0.25) is 5.88 Å². The number of pyridine rings is 1. The van der Waals surface area contributed by atoms with E-state index in [1.807, 2.05) is 13.8 Å². The van der Waals surface area contributed by atoms with Crippen molar-refractivity contribution in [3.05, 3.63) is 65.2 Å². The molecule has 1 amide bonds. The summed E-state index contributed by atoms with van der Waals surface area (Å²) in [5, 5.41) is 6.68. The van der Waals surface area contributed by atoms with Gasteiger partial charge in [-0.2, -0.15) is 0 Å². The minimum absolute atomic E-state index is 0.228. The number of nitrogens with one attached hydrogen (secondary N) is 1. The highest BCUT2D eigenvalue weighted by atomic mass is 16.5. The average molecular weight is 353 g/mol. The molecule has 134 valence electrons. The number of carbonyl (C=O) groups is 1. The molecular weight excluding hydrogens is 334 g/mol. The second kappa shape index (κ2) is 7.69. The lowest BCUT2D eigenvalue weighted by molar-refractivity contribution is 0.102. The lowest BCUT2D eigenvalue weighted by Crippen LogP contribution is -2.12. The van der Waals surface area contributed by atoms with Crippen LogP contribution in [0.25, 0.3) is 0 Å². The predicted molar refractivity (Wildman–Crippen MR) is 95.5 cm³/mol. The number of hydrogen-bond acceptors (Lipinski definition) is 6. The van der Waals surface area contributed by atoms with E-state index in [2.05, 4.69) is 15.5 Å². The highest BCUT2D eigenvalue weighted by molar-refractivity contribution is 6.04. The molecule has 1 N–H and O–H groups in total. The Labute approximate surface area is 150 Å². The molecule has 0 aliphatic heterocycles. The number of ether oxygens (including phenoxy) is 2. The van der Waals surface area contributed by atoms with Crippen molar-refractivity contribution < 1.29 is 18.8 Å². The van der Waals surface area contributed by atoms with Gasteiger partial charge in [0.1, 0.15) is 18.1 Å². The number of anilines is 1. The van der Waals surface area contributed by atoms with E-state index < -0.39 is 0 Å². The van der Waals surface area contributed by atoms with Gasteiger partial charge in [0.25, 0.3) is 5.91 Å². The molecule has 0 aliphatic carbocycles. The van der Waals surface area contributed by atoms with E-state index in [0.717, 1.165) is 17.0 Å². The number of carbonyl (C=O) groups excluding carboxylic acids is 1. The number of methoxy groups -OCH3 is 1. The Kier molecular flexibility index (Phi) is 5.17. The van der Waals surface area contributed by atoms with Crippen LogP contribution in [-0.4, -0.2) is 23.2 Å². The van der Waals surface area contributed by atoms with E-state index in [1.165, 1.54) is 13.3 Å². The smallest absolute Gasteiger partial charge is 0.255 e. The standard InChI is InChI=1S/C19H19N3O4/c1-12-17(13(2)26-22-12)11-25-16-7-4-14(5-8-16)19(23)21-15-6-9-18(24-3)20-10-15/h4-10H,11H2,1-3H3,(H,21,23). The Morgan fingerprint density at radius 2 is 1.92 bits per heavy atom. The zero-order chi connectivity index (χ0) is 18.5. The molecule has 0 atom stereocenters. The Bertz CT molecular complexity index is 867.